The highest BCUT2D eigenvalue weighted by atomic mass is 16.5. The van der Waals surface area contributed by atoms with Gasteiger partial charge in [0.1, 0.15) is 22.9 Å². The second-order valence-electron chi connectivity index (χ2n) is 4.64. The number of benzene rings is 2. The maximum absolute atomic E-state index is 10.5. The fourth-order valence-electron chi connectivity index (χ4n) is 2.21. The average Bonchev–Trinajstić information content (AvgIpc) is 2.59. The van der Waals surface area contributed by atoms with Crippen molar-refractivity contribution in [2.75, 3.05) is 13.2 Å². The second kappa shape index (κ2) is 8.44. The summed E-state index contributed by atoms with van der Waals surface area (Å²) < 4.78 is 11.0. The van der Waals surface area contributed by atoms with Gasteiger partial charge in [-0.25, -0.2) is 9.59 Å². The van der Waals surface area contributed by atoms with Crippen LogP contribution in [0.5, 0.6) is 11.5 Å². The van der Waals surface area contributed by atoms with Crippen molar-refractivity contribution in [3.63, 3.8) is 0 Å². The van der Waals surface area contributed by atoms with Crippen LogP contribution in [0.15, 0.2) is 46.4 Å². The maximum atomic E-state index is 10.5. The molecule has 6 nitrogen and oxygen atoms in total. The molecule has 24 heavy (non-hydrogen) atoms. The minimum atomic E-state index is 0.419. The SMILES string of the molecule is CCOc1cc(-c2ccc(N=C=O)c(OCC)c2)ccc1N=C=O. The smallest absolute Gasteiger partial charge is 0.240 e. The van der Waals surface area contributed by atoms with E-state index in [9.17, 15) is 9.59 Å². The summed E-state index contributed by atoms with van der Waals surface area (Å²) in [4.78, 5) is 28.3. The molecule has 0 saturated carbocycles. The second-order valence-corrected chi connectivity index (χ2v) is 4.64. The lowest BCUT2D eigenvalue weighted by Crippen LogP contribution is -1.94. The molecule has 0 heterocycles. The van der Waals surface area contributed by atoms with E-state index in [2.05, 4.69) is 9.98 Å². The predicted molar refractivity (Wildman–Crippen MR) is 89.8 cm³/mol. The van der Waals surface area contributed by atoms with Gasteiger partial charge in [-0.1, -0.05) is 12.1 Å². The highest BCUT2D eigenvalue weighted by Gasteiger charge is 2.09. The molecular formula is C18H16N2O4. The van der Waals surface area contributed by atoms with Crippen LogP contribution in [0.3, 0.4) is 0 Å². The Labute approximate surface area is 139 Å². The number of isocyanates is 2. The zero-order valence-corrected chi connectivity index (χ0v) is 13.4. The Balaban J connectivity index is 2.50. The molecule has 0 N–H and O–H groups in total. The fourth-order valence-corrected chi connectivity index (χ4v) is 2.21. The molecule has 0 unspecified atom stereocenters. The number of rotatable bonds is 7. The summed E-state index contributed by atoms with van der Waals surface area (Å²) in [7, 11) is 0. The maximum Gasteiger partial charge on any atom is 0.240 e. The standard InChI is InChI=1S/C18H16N2O4/c1-3-23-17-9-13(5-7-15(17)19-11-21)14-6-8-16(20-12-22)18(10-14)24-4-2/h5-10H,3-4H2,1-2H3. The lowest BCUT2D eigenvalue weighted by Gasteiger charge is -2.11. The summed E-state index contributed by atoms with van der Waals surface area (Å²) >= 11 is 0. The van der Waals surface area contributed by atoms with Crippen molar-refractivity contribution in [3.8, 4) is 22.6 Å². The van der Waals surface area contributed by atoms with E-state index in [1.807, 2.05) is 26.0 Å². The molecule has 0 saturated heterocycles. The van der Waals surface area contributed by atoms with Gasteiger partial charge >= 0.3 is 0 Å². The lowest BCUT2D eigenvalue weighted by atomic mass is 10.0. The summed E-state index contributed by atoms with van der Waals surface area (Å²) in [6.45, 7) is 4.59. The van der Waals surface area contributed by atoms with E-state index in [-0.39, 0.29) is 0 Å². The van der Waals surface area contributed by atoms with E-state index in [0.717, 1.165) is 11.1 Å². The van der Waals surface area contributed by atoms with Gasteiger partial charge in [-0.2, -0.15) is 9.98 Å². The summed E-state index contributed by atoms with van der Waals surface area (Å²) in [6.07, 6.45) is 3.03. The number of aliphatic imine (C=N–C) groups is 2. The van der Waals surface area contributed by atoms with Gasteiger partial charge in [0.2, 0.25) is 12.2 Å². The monoisotopic (exact) mass is 324 g/mol. The summed E-state index contributed by atoms with van der Waals surface area (Å²) in [5.41, 5.74) is 2.54. The van der Waals surface area contributed by atoms with Gasteiger partial charge in [0.15, 0.2) is 0 Å². The lowest BCUT2D eigenvalue weighted by molar-refractivity contribution is 0.341. The van der Waals surface area contributed by atoms with Gasteiger partial charge in [-0.3, -0.25) is 0 Å². The van der Waals surface area contributed by atoms with Gasteiger partial charge in [-0.05, 0) is 49.2 Å². The van der Waals surface area contributed by atoms with Crippen molar-refractivity contribution in [2.24, 2.45) is 9.98 Å². The Kier molecular flexibility index (Phi) is 6.03. The average molecular weight is 324 g/mol. The van der Waals surface area contributed by atoms with Crippen LogP contribution in [0, 0.1) is 0 Å². The van der Waals surface area contributed by atoms with E-state index < -0.39 is 0 Å². The van der Waals surface area contributed by atoms with Crippen molar-refractivity contribution in [1.82, 2.24) is 0 Å². The molecule has 0 radical (unpaired) electrons. The fraction of sp³-hybridized carbons (Fsp3) is 0.222. The first kappa shape index (κ1) is 17.2. The number of nitrogens with zero attached hydrogens (tertiary/aromatic N) is 2. The minimum Gasteiger partial charge on any atom is -0.492 e. The molecule has 0 aromatic heterocycles. The van der Waals surface area contributed by atoms with Crippen LogP contribution in [-0.2, 0) is 9.59 Å². The number of hydrogen-bond acceptors (Lipinski definition) is 6. The Morgan fingerprint density at radius 3 is 1.54 bits per heavy atom. The van der Waals surface area contributed by atoms with Crippen molar-refractivity contribution in [2.45, 2.75) is 13.8 Å². The van der Waals surface area contributed by atoms with Crippen LogP contribution in [-0.4, -0.2) is 25.4 Å². The Morgan fingerprint density at radius 1 is 0.792 bits per heavy atom. The zero-order chi connectivity index (χ0) is 17.4. The van der Waals surface area contributed by atoms with Crippen LogP contribution in [0.1, 0.15) is 13.8 Å². The molecule has 0 bridgehead atoms. The molecule has 122 valence electrons. The quantitative estimate of drug-likeness (QED) is 0.568. The van der Waals surface area contributed by atoms with Crippen LogP contribution < -0.4 is 9.47 Å². The molecule has 0 spiro atoms. The molecular weight excluding hydrogens is 308 g/mol. The van der Waals surface area contributed by atoms with Gasteiger partial charge < -0.3 is 9.47 Å². The van der Waals surface area contributed by atoms with E-state index in [1.54, 1.807) is 24.3 Å². The first-order chi connectivity index (χ1) is 11.7. The van der Waals surface area contributed by atoms with E-state index in [4.69, 9.17) is 9.47 Å². The third kappa shape index (κ3) is 3.96. The highest BCUT2D eigenvalue weighted by molar-refractivity contribution is 5.74. The number of ether oxygens (including phenoxy) is 2. The predicted octanol–water partition coefficient (Wildman–Crippen LogP) is 4.09. The number of hydrogen-bond donors (Lipinski definition) is 0. The Bertz CT molecular complexity index is 750. The Morgan fingerprint density at radius 2 is 1.21 bits per heavy atom. The first-order valence-corrected chi connectivity index (χ1v) is 7.43. The minimum absolute atomic E-state index is 0.419. The van der Waals surface area contributed by atoms with Gasteiger partial charge in [-0.15, -0.1) is 0 Å². The molecule has 6 heteroatoms. The van der Waals surface area contributed by atoms with Gasteiger partial charge in [0.25, 0.3) is 0 Å². The highest BCUT2D eigenvalue weighted by Crippen LogP contribution is 2.36. The van der Waals surface area contributed by atoms with Crippen molar-refractivity contribution in [1.29, 1.82) is 0 Å². The Hall–Kier alpha value is -3.20. The van der Waals surface area contributed by atoms with E-state index in [0.29, 0.717) is 36.1 Å². The zero-order valence-electron chi connectivity index (χ0n) is 13.4. The molecule has 2 rings (SSSR count). The topological polar surface area (TPSA) is 77.3 Å². The molecule has 2 aromatic carbocycles. The largest absolute Gasteiger partial charge is 0.492 e. The van der Waals surface area contributed by atoms with Gasteiger partial charge in [0, 0.05) is 0 Å². The molecule has 0 atom stereocenters. The van der Waals surface area contributed by atoms with Crippen LogP contribution >= 0.6 is 0 Å². The summed E-state index contributed by atoms with van der Waals surface area (Å²) in [6, 6.07) is 10.6. The van der Waals surface area contributed by atoms with Crippen molar-refractivity contribution < 1.29 is 19.1 Å². The molecule has 0 amide bonds. The molecule has 0 aliphatic heterocycles. The third-order valence-corrected chi connectivity index (χ3v) is 3.18. The summed E-state index contributed by atoms with van der Waals surface area (Å²) in [5, 5.41) is 0. The van der Waals surface area contributed by atoms with Crippen molar-refractivity contribution >= 4 is 23.5 Å². The first-order valence-electron chi connectivity index (χ1n) is 7.43. The molecule has 0 fully saturated rings. The van der Waals surface area contributed by atoms with Crippen LogP contribution in [0.4, 0.5) is 11.4 Å². The van der Waals surface area contributed by atoms with Gasteiger partial charge in [0.05, 0.1) is 13.2 Å². The molecule has 0 aliphatic carbocycles. The molecule has 0 aliphatic rings. The summed E-state index contributed by atoms with van der Waals surface area (Å²) in [5.74, 6) is 0.984. The van der Waals surface area contributed by atoms with Crippen molar-refractivity contribution in [3.05, 3.63) is 36.4 Å². The van der Waals surface area contributed by atoms with E-state index in [1.165, 1.54) is 12.2 Å². The normalized spacial score (nSPS) is 9.58. The van der Waals surface area contributed by atoms with E-state index >= 15 is 0 Å². The molecule has 2 aromatic rings. The third-order valence-electron chi connectivity index (χ3n) is 3.18. The van der Waals surface area contributed by atoms with Crippen LogP contribution in [0.2, 0.25) is 0 Å². The van der Waals surface area contributed by atoms with Crippen LogP contribution in [0.25, 0.3) is 11.1 Å². The number of carbonyl (C=O) groups excluding carboxylic acids is 2.